The van der Waals surface area contributed by atoms with Gasteiger partial charge in [-0.25, -0.2) is 8.42 Å². The summed E-state index contributed by atoms with van der Waals surface area (Å²) in [5, 5.41) is 1.18. The van der Waals surface area contributed by atoms with Gasteiger partial charge in [-0.1, -0.05) is 37.3 Å². The quantitative estimate of drug-likeness (QED) is 0.746. The third-order valence-electron chi connectivity index (χ3n) is 5.34. The fourth-order valence-electron chi connectivity index (χ4n) is 3.78. The molecule has 1 N–H and O–H groups in total. The van der Waals surface area contributed by atoms with Crippen LogP contribution in [0.2, 0.25) is 0 Å². The zero-order valence-corrected chi connectivity index (χ0v) is 15.8. The predicted molar refractivity (Wildman–Crippen MR) is 105 cm³/mol. The Labute approximate surface area is 154 Å². The summed E-state index contributed by atoms with van der Waals surface area (Å²) < 4.78 is 27.7. The highest BCUT2D eigenvalue weighted by atomic mass is 32.2. The average Bonchev–Trinajstić information content (AvgIpc) is 3.12. The number of nitrogens with zero attached hydrogens (tertiary/aromatic N) is 1. The van der Waals surface area contributed by atoms with Crippen LogP contribution in [-0.2, 0) is 16.4 Å². The van der Waals surface area contributed by atoms with E-state index < -0.39 is 10.0 Å². The van der Waals surface area contributed by atoms with E-state index in [1.54, 1.807) is 16.4 Å². The Morgan fingerprint density at radius 1 is 1.12 bits per heavy atom. The molecule has 0 radical (unpaired) electrons. The highest BCUT2D eigenvalue weighted by Crippen LogP contribution is 2.31. The molecule has 1 aromatic heterocycles. The Bertz CT molecular complexity index is 973. The molecule has 1 aliphatic heterocycles. The number of benzene rings is 2. The monoisotopic (exact) mass is 368 g/mol. The first-order chi connectivity index (χ1) is 12.6. The number of H-pyrrole nitrogens is 1. The number of nitrogens with one attached hydrogen (secondary N) is 1. The van der Waals surface area contributed by atoms with Crippen LogP contribution >= 0.6 is 0 Å². The van der Waals surface area contributed by atoms with Gasteiger partial charge in [0.05, 0.1) is 4.90 Å². The van der Waals surface area contributed by atoms with Crippen LogP contribution in [0.25, 0.3) is 10.9 Å². The number of aromatic amines is 1. The molecule has 3 aromatic rings. The molecule has 1 atom stereocenters. The van der Waals surface area contributed by atoms with Gasteiger partial charge in [-0.2, -0.15) is 4.31 Å². The summed E-state index contributed by atoms with van der Waals surface area (Å²) in [6, 6.07) is 17.6. The minimum absolute atomic E-state index is 0.209. The van der Waals surface area contributed by atoms with Crippen molar-refractivity contribution in [3.63, 3.8) is 0 Å². The first-order valence-corrected chi connectivity index (χ1v) is 10.7. The van der Waals surface area contributed by atoms with Crippen molar-refractivity contribution >= 4 is 20.9 Å². The molecule has 4 rings (SSSR count). The lowest BCUT2D eigenvalue weighted by Gasteiger charge is -2.31. The maximum Gasteiger partial charge on any atom is 0.243 e. The molecule has 0 saturated carbocycles. The average molecular weight is 369 g/mol. The lowest BCUT2D eigenvalue weighted by atomic mass is 9.96. The molecule has 0 aliphatic carbocycles. The van der Waals surface area contributed by atoms with Gasteiger partial charge in [0.1, 0.15) is 0 Å². The van der Waals surface area contributed by atoms with E-state index in [2.05, 4.69) is 30.1 Å². The van der Waals surface area contributed by atoms with E-state index in [0.29, 0.717) is 18.0 Å². The van der Waals surface area contributed by atoms with Crippen molar-refractivity contribution in [2.75, 3.05) is 13.1 Å². The molecule has 0 bridgehead atoms. The van der Waals surface area contributed by atoms with Crippen molar-refractivity contribution in [1.29, 1.82) is 0 Å². The normalized spacial score (nSPS) is 19.0. The van der Waals surface area contributed by atoms with E-state index in [0.717, 1.165) is 36.0 Å². The summed E-state index contributed by atoms with van der Waals surface area (Å²) in [7, 11) is -3.44. The Balaban J connectivity index is 1.59. The van der Waals surface area contributed by atoms with Crippen LogP contribution in [0.3, 0.4) is 0 Å². The van der Waals surface area contributed by atoms with E-state index in [-0.39, 0.29) is 5.92 Å². The topological polar surface area (TPSA) is 53.2 Å². The van der Waals surface area contributed by atoms with Crippen molar-refractivity contribution in [2.24, 2.45) is 0 Å². The second-order valence-corrected chi connectivity index (χ2v) is 8.95. The van der Waals surface area contributed by atoms with E-state index in [9.17, 15) is 8.42 Å². The Kier molecular flexibility index (Phi) is 4.59. The number of sulfonamides is 1. The molecule has 5 heteroatoms. The molecular formula is C21H24N2O2S. The summed E-state index contributed by atoms with van der Waals surface area (Å²) >= 11 is 0. The zero-order valence-electron chi connectivity index (χ0n) is 15.0. The van der Waals surface area contributed by atoms with Crippen LogP contribution in [-0.4, -0.2) is 30.8 Å². The number of fused-ring (bicyclic) bond motifs is 1. The Morgan fingerprint density at radius 3 is 2.62 bits per heavy atom. The highest BCUT2D eigenvalue weighted by Gasteiger charge is 2.31. The van der Waals surface area contributed by atoms with Crippen LogP contribution in [0.1, 0.15) is 36.9 Å². The second kappa shape index (κ2) is 6.89. The molecule has 0 amide bonds. The number of rotatable bonds is 4. The standard InChI is InChI=1S/C21H24N2O2S/c1-2-16-9-11-19(12-10-16)26(24,25)23-13-5-7-18(15-23)21-14-17-6-3-4-8-20(17)22-21/h3-4,6,8-12,14,18,22H,2,5,7,13,15H2,1H3. The molecule has 0 spiro atoms. The van der Waals surface area contributed by atoms with Crippen molar-refractivity contribution < 1.29 is 8.42 Å². The van der Waals surface area contributed by atoms with E-state index in [4.69, 9.17) is 0 Å². The second-order valence-electron chi connectivity index (χ2n) is 7.01. The van der Waals surface area contributed by atoms with Crippen molar-refractivity contribution in [3.8, 4) is 0 Å². The van der Waals surface area contributed by atoms with Gasteiger partial charge in [-0.3, -0.25) is 0 Å². The number of piperidine rings is 1. The summed E-state index contributed by atoms with van der Waals surface area (Å²) in [5.41, 5.74) is 3.39. The number of hydrogen-bond donors (Lipinski definition) is 1. The lowest BCUT2D eigenvalue weighted by Crippen LogP contribution is -2.39. The SMILES string of the molecule is CCc1ccc(S(=O)(=O)N2CCCC(c3cc4ccccc4[nH]3)C2)cc1. The van der Waals surface area contributed by atoms with Gasteiger partial charge in [0.25, 0.3) is 0 Å². The summed E-state index contributed by atoms with van der Waals surface area (Å²) in [4.78, 5) is 3.87. The molecule has 26 heavy (non-hydrogen) atoms. The summed E-state index contributed by atoms with van der Waals surface area (Å²) in [6.45, 7) is 3.19. The van der Waals surface area contributed by atoms with Crippen molar-refractivity contribution in [1.82, 2.24) is 9.29 Å². The van der Waals surface area contributed by atoms with Gasteiger partial charge >= 0.3 is 0 Å². The lowest BCUT2D eigenvalue weighted by molar-refractivity contribution is 0.313. The number of aryl methyl sites for hydroxylation is 1. The van der Waals surface area contributed by atoms with E-state index >= 15 is 0 Å². The number of hydrogen-bond acceptors (Lipinski definition) is 2. The number of para-hydroxylation sites is 1. The van der Waals surface area contributed by atoms with Crippen LogP contribution in [0, 0.1) is 0 Å². The molecule has 2 heterocycles. The minimum Gasteiger partial charge on any atom is -0.358 e. The maximum atomic E-state index is 13.1. The van der Waals surface area contributed by atoms with Gasteiger partial charge in [0.2, 0.25) is 10.0 Å². The first kappa shape index (κ1) is 17.3. The Hall–Kier alpha value is -2.11. The molecule has 136 valence electrons. The molecule has 1 saturated heterocycles. The van der Waals surface area contributed by atoms with E-state index in [1.807, 2.05) is 24.3 Å². The summed E-state index contributed by atoms with van der Waals surface area (Å²) in [5.74, 6) is 0.209. The molecule has 1 aliphatic rings. The smallest absolute Gasteiger partial charge is 0.243 e. The zero-order chi connectivity index (χ0) is 18.1. The van der Waals surface area contributed by atoms with Gasteiger partial charge in [0, 0.05) is 30.2 Å². The maximum absolute atomic E-state index is 13.1. The molecule has 1 unspecified atom stereocenters. The predicted octanol–water partition coefficient (Wildman–Crippen LogP) is 4.30. The van der Waals surface area contributed by atoms with Gasteiger partial charge in [0.15, 0.2) is 0 Å². The largest absolute Gasteiger partial charge is 0.358 e. The van der Waals surface area contributed by atoms with Crippen LogP contribution < -0.4 is 0 Å². The van der Waals surface area contributed by atoms with Crippen molar-refractivity contribution in [2.45, 2.75) is 37.0 Å². The highest BCUT2D eigenvalue weighted by molar-refractivity contribution is 7.89. The van der Waals surface area contributed by atoms with Crippen molar-refractivity contribution in [3.05, 3.63) is 65.9 Å². The molecule has 1 fully saturated rings. The molecule has 2 aromatic carbocycles. The first-order valence-electron chi connectivity index (χ1n) is 9.24. The third-order valence-corrected chi connectivity index (χ3v) is 7.22. The number of aromatic nitrogens is 1. The van der Waals surface area contributed by atoms with Gasteiger partial charge in [-0.05, 0) is 54.5 Å². The van der Waals surface area contributed by atoms with Crippen LogP contribution in [0.5, 0.6) is 0 Å². The minimum atomic E-state index is -3.44. The molecular weight excluding hydrogens is 344 g/mol. The fourth-order valence-corrected chi connectivity index (χ4v) is 5.30. The van der Waals surface area contributed by atoms with Gasteiger partial charge in [-0.15, -0.1) is 0 Å². The van der Waals surface area contributed by atoms with E-state index in [1.165, 1.54) is 5.39 Å². The molecule has 4 nitrogen and oxygen atoms in total. The Morgan fingerprint density at radius 2 is 1.88 bits per heavy atom. The fraction of sp³-hybridized carbons (Fsp3) is 0.333. The third kappa shape index (κ3) is 3.17. The van der Waals surface area contributed by atoms with Gasteiger partial charge < -0.3 is 4.98 Å². The van der Waals surface area contributed by atoms with Crippen LogP contribution in [0.4, 0.5) is 0 Å². The van der Waals surface area contributed by atoms with Crippen LogP contribution in [0.15, 0.2) is 59.5 Å². The summed E-state index contributed by atoms with van der Waals surface area (Å²) in [6.07, 6.45) is 2.80.